The molecule has 0 aliphatic carbocycles. The Morgan fingerprint density at radius 2 is 2.00 bits per heavy atom. The molecular weight excluding hydrogens is 164 g/mol. The Hall–Kier alpha value is -0.120. The minimum Gasteiger partial charge on any atom is -0.372 e. The molecule has 0 aromatic heterocycles. The molecule has 2 fully saturated rings. The SMILES string of the molecule is CCNCCN1CC2CCC(C1)O2. The lowest BCUT2D eigenvalue weighted by Gasteiger charge is -2.31. The van der Waals surface area contributed by atoms with Gasteiger partial charge in [-0.3, -0.25) is 4.90 Å². The lowest BCUT2D eigenvalue weighted by molar-refractivity contribution is -0.0376. The Labute approximate surface area is 80.4 Å². The van der Waals surface area contributed by atoms with Gasteiger partial charge in [0.1, 0.15) is 0 Å². The molecule has 0 radical (unpaired) electrons. The highest BCUT2D eigenvalue weighted by Gasteiger charge is 2.32. The van der Waals surface area contributed by atoms with Crippen LogP contribution in [0.1, 0.15) is 19.8 Å². The number of likely N-dealkylation sites (tertiary alicyclic amines) is 1. The van der Waals surface area contributed by atoms with E-state index in [0.717, 1.165) is 26.2 Å². The van der Waals surface area contributed by atoms with Crippen LogP contribution < -0.4 is 5.32 Å². The Balaban J connectivity index is 1.69. The van der Waals surface area contributed by atoms with Gasteiger partial charge in [0.2, 0.25) is 0 Å². The minimum atomic E-state index is 0.542. The maximum absolute atomic E-state index is 5.77. The molecule has 0 aromatic carbocycles. The van der Waals surface area contributed by atoms with Gasteiger partial charge >= 0.3 is 0 Å². The summed E-state index contributed by atoms with van der Waals surface area (Å²) in [5.74, 6) is 0. The van der Waals surface area contributed by atoms with E-state index in [9.17, 15) is 0 Å². The van der Waals surface area contributed by atoms with Crippen LogP contribution in [-0.4, -0.2) is 49.8 Å². The van der Waals surface area contributed by atoms with Crippen LogP contribution in [0.4, 0.5) is 0 Å². The number of nitrogens with one attached hydrogen (secondary N) is 1. The van der Waals surface area contributed by atoms with Gasteiger partial charge < -0.3 is 10.1 Å². The second-order valence-corrected chi connectivity index (χ2v) is 4.07. The van der Waals surface area contributed by atoms with Crippen molar-refractivity contribution in [3.8, 4) is 0 Å². The van der Waals surface area contributed by atoms with Gasteiger partial charge in [-0.25, -0.2) is 0 Å². The summed E-state index contributed by atoms with van der Waals surface area (Å²) in [5, 5.41) is 3.36. The molecule has 2 bridgehead atoms. The van der Waals surface area contributed by atoms with Crippen LogP contribution in [0.5, 0.6) is 0 Å². The number of rotatable bonds is 4. The summed E-state index contributed by atoms with van der Waals surface area (Å²) in [4.78, 5) is 2.54. The Morgan fingerprint density at radius 1 is 1.31 bits per heavy atom. The van der Waals surface area contributed by atoms with Gasteiger partial charge in [-0.1, -0.05) is 6.92 Å². The molecule has 0 aromatic rings. The number of hydrogen-bond acceptors (Lipinski definition) is 3. The predicted molar refractivity (Wildman–Crippen MR) is 52.9 cm³/mol. The van der Waals surface area contributed by atoms with Gasteiger partial charge in [0.25, 0.3) is 0 Å². The largest absolute Gasteiger partial charge is 0.372 e. The molecule has 76 valence electrons. The molecule has 2 heterocycles. The third kappa shape index (κ3) is 2.42. The fourth-order valence-electron chi connectivity index (χ4n) is 2.30. The molecule has 0 saturated carbocycles. The first-order chi connectivity index (χ1) is 6.38. The van der Waals surface area contributed by atoms with Crippen LogP contribution in [0.25, 0.3) is 0 Å². The zero-order valence-corrected chi connectivity index (χ0v) is 8.46. The lowest BCUT2D eigenvalue weighted by Crippen LogP contribution is -2.45. The second kappa shape index (κ2) is 4.40. The van der Waals surface area contributed by atoms with E-state index in [1.54, 1.807) is 0 Å². The van der Waals surface area contributed by atoms with Gasteiger partial charge in [-0.05, 0) is 19.4 Å². The fourth-order valence-corrected chi connectivity index (χ4v) is 2.30. The summed E-state index contributed by atoms with van der Waals surface area (Å²) in [6.45, 7) is 7.85. The first kappa shape index (κ1) is 9.44. The van der Waals surface area contributed by atoms with Crippen molar-refractivity contribution in [1.82, 2.24) is 10.2 Å². The zero-order chi connectivity index (χ0) is 9.10. The molecule has 2 rings (SSSR count). The zero-order valence-electron chi connectivity index (χ0n) is 8.46. The monoisotopic (exact) mass is 184 g/mol. The van der Waals surface area contributed by atoms with Crippen molar-refractivity contribution in [2.24, 2.45) is 0 Å². The molecule has 2 atom stereocenters. The van der Waals surface area contributed by atoms with Gasteiger partial charge in [0.15, 0.2) is 0 Å². The molecule has 13 heavy (non-hydrogen) atoms. The smallest absolute Gasteiger partial charge is 0.0707 e. The van der Waals surface area contributed by atoms with Gasteiger partial charge in [-0.15, -0.1) is 0 Å². The van der Waals surface area contributed by atoms with Gasteiger partial charge in [0, 0.05) is 26.2 Å². The highest BCUT2D eigenvalue weighted by atomic mass is 16.5. The van der Waals surface area contributed by atoms with E-state index in [4.69, 9.17) is 4.74 Å². The van der Waals surface area contributed by atoms with E-state index in [1.165, 1.54) is 19.4 Å². The summed E-state index contributed by atoms with van der Waals surface area (Å²) in [6, 6.07) is 0. The molecule has 2 unspecified atom stereocenters. The maximum atomic E-state index is 5.77. The van der Waals surface area contributed by atoms with E-state index in [1.807, 2.05) is 0 Å². The highest BCUT2D eigenvalue weighted by molar-refractivity contribution is 4.84. The topological polar surface area (TPSA) is 24.5 Å². The summed E-state index contributed by atoms with van der Waals surface area (Å²) in [6.07, 6.45) is 3.64. The van der Waals surface area contributed by atoms with Crippen LogP contribution in [0, 0.1) is 0 Å². The molecule has 2 aliphatic rings. The molecule has 3 heteroatoms. The predicted octanol–water partition coefficient (Wildman–Crippen LogP) is 0.459. The average molecular weight is 184 g/mol. The van der Waals surface area contributed by atoms with Crippen molar-refractivity contribution < 1.29 is 4.74 Å². The fraction of sp³-hybridized carbons (Fsp3) is 1.00. The normalized spacial score (nSPS) is 33.9. The second-order valence-electron chi connectivity index (χ2n) is 4.07. The summed E-state index contributed by atoms with van der Waals surface area (Å²) < 4.78 is 5.77. The van der Waals surface area contributed by atoms with Crippen molar-refractivity contribution in [2.45, 2.75) is 32.0 Å². The molecule has 1 N–H and O–H groups in total. The van der Waals surface area contributed by atoms with E-state index >= 15 is 0 Å². The Bertz CT molecular complexity index is 151. The van der Waals surface area contributed by atoms with Crippen LogP contribution in [0.2, 0.25) is 0 Å². The van der Waals surface area contributed by atoms with Crippen molar-refractivity contribution in [1.29, 1.82) is 0 Å². The van der Waals surface area contributed by atoms with Crippen LogP contribution >= 0.6 is 0 Å². The summed E-state index contributed by atoms with van der Waals surface area (Å²) in [5.41, 5.74) is 0. The van der Waals surface area contributed by atoms with Crippen molar-refractivity contribution in [3.05, 3.63) is 0 Å². The number of morpholine rings is 1. The number of fused-ring (bicyclic) bond motifs is 2. The number of nitrogens with zero attached hydrogens (tertiary/aromatic N) is 1. The van der Waals surface area contributed by atoms with Gasteiger partial charge in [-0.2, -0.15) is 0 Å². The van der Waals surface area contributed by atoms with E-state index in [2.05, 4.69) is 17.1 Å². The first-order valence-corrected chi connectivity index (χ1v) is 5.47. The molecule has 3 nitrogen and oxygen atoms in total. The Morgan fingerprint density at radius 3 is 2.62 bits per heavy atom. The van der Waals surface area contributed by atoms with Crippen LogP contribution in [-0.2, 0) is 4.74 Å². The van der Waals surface area contributed by atoms with Crippen molar-refractivity contribution >= 4 is 0 Å². The average Bonchev–Trinajstić information content (AvgIpc) is 2.46. The maximum Gasteiger partial charge on any atom is 0.0707 e. The van der Waals surface area contributed by atoms with Crippen LogP contribution in [0.3, 0.4) is 0 Å². The first-order valence-electron chi connectivity index (χ1n) is 5.47. The van der Waals surface area contributed by atoms with Crippen LogP contribution in [0.15, 0.2) is 0 Å². The van der Waals surface area contributed by atoms with E-state index < -0.39 is 0 Å². The molecule has 2 saturated heterocycles. The summed E-state index contributed by atoms with van der Waals surface area (Å²) >= 11 is 0. The Kier molecular flexibility index (Phi) is 3.19. The third-order valence-corrected chi connectivity index (χ3v) is 2.97. The number of hydrogen-bond donors (Lipinski definition) is 1. The van der Waals surface area contributed by atoms with E-state index in [0.29, 0.717) is 12.2 Å². The van der Waals surface area contributed by atoms with Gasteiger partial charge in [0.05, 0.1) is 12.2 Å². The number of likely N-dealkylation sites (N-methyl/N-ethyl adjacent to an activating group) is 1. The number of ether oxygens (including phenoxy) is 1. The van der Waals surface area contributed by atoms with Crippen molar-refractivity contribution in [3.63, 3.8) is 0 Å². The minimum absolute atomic E-state index is 0.542. The van der Waals surface area contributed by atoms with Crippen molar-refractivity contribution in [2.75, 3.05) is 32.7 Å². The third-order valence-electron chi connectivity index (χ3n) is 2.97. The standard InChI is InChI=1S/C10H20N2O/c1-2-11-5-6-12-7-9-3-4-10(8-12)13-9/h9-11H,2-8H2,1H3. The van der Waals surface area contributed by atoms with E-state index in [-0.39, 0.29) is 0 Å². The summed E-state index contributed by atoms with van der Waals surface area (Å²) in [7, 11) is 0. The quantitative estimate of drug-likeness (QED) is 0.642. The molecular formula is C10H20N2O. The lowest BCUT2D eigenvalue weighted by atomic mass is 10.2. The molecule has 2 aliphatic heterocycles. The molecule has 0 spiro atoms. The highest BCUT2D eigenvalue weighted by Crippen LogP contribution is 2.25. The molecule has 0 amide bonds.